The Morgan fingerprint density at radius 3 is 2.03 bits per heavy atom. The van der Waals surface area contributed by atoms with Crippen molar-refractivity contribution in [3.05, 3.63) is 75.3 Å². The van der Waals surface area contributed by atoms with Gasteiger partial charge in [-0.2, -0.15) is 13.2 Å². The summed E-state index contributed by atoms with van der Waals surface area (Å²) in [6.07, 6.45) is -5.98. The topological polar surface area (TPSA) is 121 Å². The average Bonchev–Trinajstić information content (AvgIpc) is 2.72. The summed E-state index contributed by atoms with van der Waals surface area (Å²) in [6, 6.07) is 8.02. The molecule has 1 fully saturated rings. The number of rotatable bonds is 4. The maximum atomic E-state index is 12.9. The molecule has 3 unspecified atom stereocenters. The number of hydrogen-bond donors (Lipinski definition) is 2. The number of carboxylic acid groups (broad SMARTS) is 2. The largest absolute Gasteiger partial charge is 0.481 e. The molecule has 1 aliphatic rings. The zero-order valence-corrected chi connectivity index (χ0v) is 16.7. The highest BCUT2D eigenvalue weighted by Crippen LogP contribution is 2.50. The van der Waals surface area contributed by atoms with E-state index in [1.165, 1.54) is 43.3 Å². The van der Waals surface area contributed by atoms with Crippen molar-refractivity contribution in [1.29, 1.82) is 0 Å². The molecule has 3 atom stereocenters. The molecule has 2 aromatic rings. The molecule has 2 aromatic carbocycles. The number of amides is 1. The van der Waals surface area contributed by atoms with Crippen LogP contribution in [0.25, 0.3) is 0 Å². The number of nitro groups is 1. The molecule has 2 N–H and O–H groups in total. The van der Waals surface area contributed by atoms with Gasteiger partial charge in [0.1, 0.15) is 0 Å². The van der Waals surface area contributed by atoms with Crippen molar-refractivity contribution in [1.82, 2.24) is 4.90 Å². The highest BCUT2D eigenvalue weighted by Gasteiger charge is 2.52. The molecule has 1 heterocycles. The summed E-state index contributed by atoms with van der Waals surface area (Å²) in [7, 11) is 0. The van der Waals surface area contributed by atoms with Crippen molar-refractivity contribution in [3.8, 4) is 0 Å². The first-order valence-electron chi connectivity index (χ1n) is 9.49. The molecule has 0 bridgehead atoms. The number of carbonyl (C=O) groups is 2. The lowest BCUT2D eigenvalue weighted by Gasteiger charge is -2.48. The highest BCUT2D eigenvalue weighted by molar-refractivity contribution is 5.78. The Labute approximate surface area is 180 Å². The van der Waals surface area contributed by atoms with Crippen molar-refractivity contribution >= 4 is 17.7 Å². The van der Waals surface area contributed by atoms with Crippen molar-refractivity contribution in [2.75, 3.05) is 6.54 Å². The molecule has 0 radical (unpaired) electrons. The fraction of sp³-hybridized carbons (Fsp3) is 0.333. The van der Waals surface area contributed by atoms with Gasteiger partial charge < -0.3 is 10.2 Å². The van der Waals surface area contributed by atoms with Gasteiger partial charge in [0.05, 0.1) is 21.9 Å². The maximum Gasteiger partial charge on any atom is 0.416 e. The van der Waals surface area contributed by atoms with Gasteiger partial charge in [-0.15, -0.1) is 0 Å². The van der Waals surface area contributed by atoms with Gasteiger partial charge in [0.15, 0.2) is 0 Å². The maximum absolute atomic E-state index is 12.9. The van der Waals surface area contributed by atoms with E-state index in [2.05, 4.69) is 0 Å². The van der Waals surface area contributed by atoms with Crippen molar-refractivity contribution in [2.24, 2.45) is 5.41 Å². The number of nitro benzene ring substituents is 1. The second kappa shape index (κ2) is 8.13. The van der Waals surface area contributed by atoms with Crippen LogP contribution in [0.1, 0.15) is 42.0 Å². The second-order valence-electron chi connectivity index (χ2n) is 7.93. The summed E-state index contributed by atoms with van der Waals surface area (Å²) in [5.74, 6) is -1.95. The summed E-state index contributed by atoms with van der Waals surface area (Å²) in [4.78, 5) is 35.6. The summed E-state index contributed by atoms with van der Waals surface area (Å²) in [5, 5.41) is 30.7. The SMILES string of the molecule is CC1(C(=O)O)CC(c2ccc(C(F)(F)F)cc2)CN(C(=O)O)C1c1ccc([N+](=O)[O-])cc1. The third-order valence-corrected chi connectivity index (χ3v) is 5.87. The molecule has 1 saturated heterocycles. The summed E-state index contributed by atoms with van der Waals surface area (Å²) in [5.41, 5.74) is -2.07. The zero-order valence-electron chi connectivity index (χ0n) is 16.7. The fourth-order valence-corrected chi connectivity index (χ4v) is 4.26. The van der Waals surface area contributed by atoms with Crippen LogP contribution in [0.4, 0.5) is 23.7 Å². The Bertz CT molecular complexity index is 1040. The molecule has 0 spiro atoms. The van der Waals surface area contributed by atoms with Crippen LogP contribution in [0.5, 0.6) is 0 Å². The molecule has 1 aliphatic heterocycles. The zero-order chi connectivity index (χ0) is 23.8. The predicted molar refractivity (Wildman–Crippen MR) is 105 cm³/mol. The minimum atomic E-state index is -4.53. The quantitative estimate of drug-likeness (QED) is 0.502. The third-order valence-electron chi connectivity index (χ3n) is 5.87. The smallest absolute Gasteiger partial charge is 0.416 e. The van der Waals surface area contributed by atoms with Crippen LogP contribution in [0.15, 0.2) is 48.5 Å². The molecular weight excluding hydrogens is 433 g/mol. The van der Waals surface area contributed by atoms with Gasteiger partial charge in [0, 0.05) is 24.6 Å². The predicted octanol–water partition coefficient (Wildman–Crippen LogP) is 4.91. The molecule has 0 aliphatic carbocycles. The Balaban J connectivity index is 2.03. The standard InChI is InChI=1S/C21H19F3N2O6/c1-20(18(27)28)10-14(12-2-6-15(7-3-12)21(22,23)24)11-25(19(29)30)17(20)13-4-8-16(9-5-13)26(31)32/h2-9,14,17H,10-11H2,1H3,(H,27,28)(H,29,30). The Hall–Kier alpha value is -3.63. The molecule has 0 saturated carbocycles. The number of benzene rings is 2. The van der Waals surface area contributed by atoms with Gasteiger partial charge in [-0.25, -0.2) is 4.79 Å². The van der Waals surface area contributed by atoms with Gasteiger partial charge in [-0.3, -0.25) is 19.8 Å². The van der Waals surface area contributed by atoms with E-state index < -0.39 is 46.1 Å². The molecular formula is C21H19F3N2O6. The van der Waals surface area contributed by atoms with Crippen LogP contribution < -0.4 is 0 Å². The molecule has 0 aromatic heterocycles. The summed E-state index contributed by atoms with van der Waals surface area (Å²) in [6.45, 7) is 1.22. The van der Waals surface area contributed by atoms with E-state index >= 15 is 0 Å². The average molecular weight is 452 g/mol. The monoisotopic (exact) mass is 452 g/mol. The molecule has 8 nitrogen and oxygen atoms in total. The first-order chi connectivity index (χ1) is 14.8. The van der Waals surface area contributed by atoms with E-state index in [0.29, 0.717) is 5.56 Å². The van der Waals surface area contributed by atoms with Gasteiger partial charge in [-0.1, -0.05) is 24.3 Å². The third kappa shape index (κ3) is 4.23. The molecule has 1 amide bonds. The molecule has 11 heteroatoms. The number of alkyl halides is 3. The van der Waals surface area contributed by atoms with E-state index in [1.54, 1.807) is 0 Å². The second-order valence-corrected chi connectivity index (χ2v) is 7.93. The minimum Gasteiger partial charge on any atom is -0.481 e. The van der Waals surface area contributed by atoms with E-state index in [0.717, 1.165) is 17.0 Å². The summed E-state index contributed by atoms with van der Waals surface area (Å²) < 4.78 is 38.6. The van der Waals surface area contributed by atoms with Crippen molar-refractivity contribution in [2.45, 2.75) is 31.5 Å². The lowest BCUT2D eigenvalue weighted by atomic mass is 9.67. The van der Waals surface area contributed by atoms with Crippen LogP contribution in [-0.4, -0.2) is 38.6 Å². The Morgan fingerprint density at radius 1 is 1.06 bits per heavy atom. The highest BCUT2D eigenvalue weighted by atomic mass is 19.4. The van der Waals surface area contributed by atoms with Gasteiger partial charge >= 0.3 is 18.2 Å². The van der Waals surface area contributed by atoms with Crippen molar-refractivity contribution < 1.29 is 37.9 Å². The number of carboxylic acids is 1. The number of hydrogen-bond acceptors (Lipinski definition) is 4. The Kier molecular flexibility index (Phi) is 5.86. The van der Waals surface area contributed by atoms with Gasteiger partial charge in [-0.05, 0) is 36.6 Å². The van der Waals surface area contributed by atoms with E-state index in [1.807, 2.05) is 0 Å². The minimum absolute atomic E-state index is 0.0425. The number of nitrogens with zero attached hydrogens (tertiary/aromatic N) is 2. The molecule has 170 valence electrons. The number of halogens is 3. The number of non-ortho nitro benzene ring substituents is 1. The van der Waals surface area contributed by atoms with Crippen molar-refractivity contribution in [3.63, 3.8) is 0 Å². The van der Waals surface area contributed by atoms with Gasteiger partial charge in [0.25, 0.3) is 5.69 Å². The summed E-state index contributed by atoms with van der Waals surface area (Å²) >= 11 is 0. The fourth-order valence-electron chi connectivity index (χ4n) is 4.26. The molecule has 32 heavy (non-hydrogen) atoms. The first kappa shape index (κ1) is 23.0. The van der Waals surface area contributed by atoms with E-state index in [9.17, 15) is 43.1 Å². The van der Waals surface area contributed by atoms with Crippen LogP contribution in [-0.2, 0) is 11.0 Å². The van der Waals surface area contributed by atoms with Gasteiger partial charge in [0.2, 0.25) is 0 Å². The lowest BCUT2D eigenvalue weighted by Crippen LogP contribution is -2.53. The number of piperidine rings is 1. The van der Waals surface area contributed by atoms with Crippen LogP contribution in [0.3, 0.4) is 0 Å². The lowest BCUT2D eigenvalue weighted by molar-refractivity contribution is -0.384. The van der Waals surface area contributed by atoms with Crippen LogP contribution >= 0.6 is 0 Å². The van der Waals surface area contributed by atoms with Crippen LogP contribution in [0, 0.1) is 15.5 Å². The number of likely N-dealkylation sites (tertiary alicyclic amines) is 1. The molecule has 3 rings (SSSR count). The normalized spacial score (nSPS) is 23.6. The Morgan fingerprint density at radius 2 is 1.59 bits per heavy atom. The van der Waals surface area contributed by atoms with Crippen LogP contribution in [0.2, 0.25) is 0 Å². The number of aliphatic carboxylic acids is 1. The first-order valence-corrected chi connectivity index (χ1v) is 9.49. The van der Waals surface area contributed by atoms with E-state index in [4.69, 9.17) is 0 Å². The van der Waals surface area contributed by atoms with E-state index in [-0.39, 0.29) is 24.2 Å².